The Labute approximate surface area is 170 Å². The zero-order valence-electron chi connectivity index (χ0n) is 15.1. The SMILES string of the molecule is CCn1c(=NC(=O)COc2ccc(Cl)cc2Cl)sc2c(C)ccc(OC)c21. The summed E-state index contributed by atoms with van der Waals surface area (Å²) in [6, 6.07) is 8.75. The molecule has 0 aliphatic heterocycles. The monoisotopic (exact) mass is 424 g/mol. The van der Waals surface area contributed by atoms with E-state index in [1.807, 2.05) is 30.5 Å². The molecule has 0 saturated carbocycles. The molecule has 0 bridgehead atoms. The predicted molar refractivity (Wildman–Crippen MR) is 109 cm³/mol. The number of hydrogen-bond acceptors (Lipinski definition) is 4. The lowest BCUT2D eigenvalue weighted by Gasteiger charge is -2.07. The minimum Gasteiger partial charge on any atom is -0.495 e. The molecule has 2 aromatic carbocycles. The van der Waals surface area contributed by atoms with Gasteiger partial charge < -0.3 is 14.0 Å². The van der Waals surface area contributed by atoms with Crippen LogP contribution in [0.3, 0.4) is 0 Å². The second-order valence-electron chi connectivity index (χ2n) is 5.76. The third kappa shape index (κ3) is 4.13. The zero-order chi connectivity index (χ0) is 19.6. The zero-order valence-corrected chi connectivity index (χ0v) is 17.4. The maximum atomic E-state index is 12.3. The molecule has 1 aromatic heterocycles. The van der Waals surface area contributed by atoms with E-state index in [-0.39, 0.29) is 6.61 Å². The fraction of sp³-hybridized carbons (Fsp3) is 0.263. The molecule has 0 N–H and O–H groups in total. The molecule has 3 aromatic rings. The van der Waals surface area contributed by atoms with Gasteiger partial charge in [0.05, 0.1) is 16.8 Å². The first-order valence-electron chi connectivity index (χ1n) is 8.27. The Balaban J connectivity index is 1.93. The van der Waals surface area contributed by atoms with Crippen LogP contribution in [0.15, 0.2) is 35.3 Å². The highest BCUT2D eigenvalue weighted by Crippen LogP contribution is 2.30. The molecule has 27 heavy (non-hydrogen) atoms. The van der Waals surface area contributed by atoms with Gasteiger partial charge in [0, 0.05) is 11.6 Å². The Morgan fingerprint density at radius 2 is 1.96 bits per heavy atom. The molecule has 3 rings (SSSR count). The third-order valence-electron chi connectivity index (χ3n) is 3.99. The Bertz CT molecular complexity index is 1070. The van der Waals surface area contributed by atoms with Gasteiger partial charge in [0.1, 0.15) is 17.0 Å². The van der Waals surface area contributed by atoms with Crippen molar-refractivity contribution in [3.8, 4) is 11.5 Å². The summed E-state index contributed by atoms with van der Waals surface area (Å²) >= 11 is 13.4. The van der Waals surface area contributed by atoms with E-state index in [1.165, 1.54) is 11.3 Å². The van der Waals surface area contributed by atoms with E-state index in [9.17, 15) is 4.79 Å². The van der Waals surface area contributed by atoms with Crippen molar-refractivity contribution in [2.45, 2.75) is 20.4 Å². The van der Waals surface area contributed by atoms with E-state index in [1.54, 1.807) is 25.3 Å². The van der Waals surface area contributed by atoms with Gasteiger partial charge in [-0.15, -0.1) is 0 Å². The van der Waals surface area contributed by atoms with Gasteiger partial charge in [0.15, 0.2) is 11.4 Å². The number of carbonyl (C=O) groups is 1. The number of aromatic nitrogens is 1. The molecule has 0 radical (unpaired) electrons. The molecule has 5 nitrogen and oxygen atoms in total. The van der Waals surface area contributed by atoms with Gasteiger partial charge in [-0.1, -0.05) is 40.6 Å². The lowest BCUT2D eigenvalue weighted by molar-refractivity contribution is -0.120. The van der Waals surface area contributed by atoms with Crippen molar-refractivity contribution in [2.75, 3.05) is 13.7 Å². The summed E-state index contributed by atoms with van der Waals surface area (Å²) in [5.74, 6) is 0.750. The van der Waals surface area contributed by atoms with Crippen LogP contribution in [0.1, 0.15) is 12.5 Å². The molecule has 0 unspecified atom stereocenters. The Morgan fingerprint density at radius 3 is 2.63 bits per heavy atom. The van der Waals surface area contributed by atoms with Crippen LogP contribution in [0.2, 0.25) is 10.0 Å². The number of methoxy groups -OCH3 is 1. The molecule has 142 valence electrons. The first kappa shape index (κ1) is 19.7. The molecule has 0 fully saturated rings. The maximum absolute atomic E-state index is 12.3. The highest BCUT2D eigenvalue weighted by molar-refractivity contribution is 7.16. The van der Waals surface area contributed by atoms with E-state index >= 15 is 0 Å². The first-order chi connectivity index (χ1) is 12.9. The van der Waals surface area contributed by atoms with Crippen LogP contribution < -0.4 is 14.3 Å². The second-order valence-corrected chi connectivity index (χ2v) is 7.58. The number of halogens is 2. The van der Waals surface area contributed by atoms with Crippen LogP contribution in [0.25, 0.3) is 10.2 Å². The minimum atomic E-state index is -0.397. The molecular weight excluding hydrogens is 407 g/mol. The lowest BCUT2D eigenvalue weighted by Crippen LogP contribution is -2.19. The van der Waals surface area contributed by atoms with E-state index in [4.69, 9.17) is 32.7 Å². The van der Waals surface area contributed by atoms with E-state index in [0.717, 1.165) is 21.5 Å². The lowest BCUT2D eigenvalue weighted by atomic mass is 10.2. The predicted octanol–water partition coefficient (Wildman–Crippen LogP) is 4.85. The van der Waals surface area contributed by atoms with Gasteiger partial charge in [0.25, 0.3) is 5.91 Å². The number of aryl methyl sites for hydroxylation is 2. The van der Waals surface area contributed by atoms with E-state index in [2.05, 4.69) is 4.99 Å². The fourth-order valence-electron chi connectivity index (χ4n) is 2.69. The number of nitrogens with zero attached hydrogens (tertiary/aromatic N) is 2. The summed E-state index contributed by atoms with van der Waals surface area (Å²) in [5.41, 5.74) is 2.05. The topological polar surface area (TPSA) is 52.8 Å². The second kappa shape index (κ2) is 8.33. The van der Waals surface area contributed by atoms with Gasteiger partial charge in [-0.2, -0.15) is 4.99 Å². The van der Waals surface area contributed by atoms with Gasteiger partial charge in [-0.3, -0.25) is 4.79 Å². The summed E-state index contributed by atoms with van der Waals surface area (Å²) in [6.45, 7) is 4.47. The molecule has 1 heterocycles. The van der Waals surface area contributed by atoms with Crippen LogP contribution in [0, 0.1) is 6.92 Å². The van der Waals surface area contributed by atoms with Crippen molar-refractivity contribution < 1.29 is 14.3 Å². The summed E-state index contributed by atoms with van der Waals surface area (Å²) in [4.78, 5) is 17.2. The summed E-state index contributed by atoms with van der Waals surface area (Å²) in [7, 11) is 1.63. The maximum Gasteiger partial charge on any atom is 0.286 e. The largest absolute Gasteiger partial charge is 0.495 e. The van der Waals surface area contributed by atoms with Crippen molar-refractivity contribution in [1.82, 2.24) is 4.57 Å². The molecule has 0 saturated heterocycles. The molecule has 0 aliphatic rings. The van der Waals surface area contributed by atoms with Crippen molar-refractivity contribution in [3.05, 3.63) is 50.7 Å². The quantitative estimate of drug-likeness (QED) is 0.587. The molecule has 1 amide bonds. The van der Waals surface area contributed by atoms with Crippen molar-refractivity contribution >= 4 is 50.7 Å². The van der Waals surface area contributed by atoms with Crippen LogP contribution in [-0.4, -0.2) is 24.2 Å². The summed E-state index contributed by atoms with van der Waals surface area (Å²) in [6.07, 6.45) is 0. The van der Waals surface area contributed by atoms with Crippen LogP contribution in [0.4, 0.5) is 0 Å². The number of rotatable bonds is 5. The number of hydrogen-bond donors (Lipinski definition) is 0. The normalized spacial score (nSPS) is 11.8. The Kier molecular flexibility index (Phi) is 6.09. The van der Waals surface area contributed by atoms with Gasteiger partial charge in [-0.25, -0.2) is 0 Å². The highest BCUT2D eigenvalue weighted by Gasteiger charge is 2.14. The minimum absolute atomic E-state index is 0.213. The molecule has 0 spiro atoms. The molecule has 0 atom stereocenters. The smallest absolute Gasteiger partial charge is 0.286 e. The van der Waals surface area contributed by atoms with Gasteiger partial charge in [0.2, 0.25) is 0 Å². The number of ether oxygens (including phenoxy) is 2. The van der Waals surface area contributed by atoms with Crippen molar-refractivity contribution in [2.24, 2.45) is 4.99 Å². The van der Waals surface area contributed by atoms with E-state index < -0.39 is 5.91 Å². The van der Waals surface area contributed by atoms with E-state index in [0.29, 0.717) is 27.1 Å². The molecule has 0 aliphatic carbocycles. The third-order valence-corrected chi connectivity index (χ3v) is 5.73. The average Bonchev–Trinajstić information content (AvgIpc) is 3.00. The van der Waals surface area contributed by atoms with Crippen LogP contribution in [-0.2, 0) is 11.3 Å². The van der Waals surface area contributed by atoms with Crippen LogP contribution >= 0.6 is 34.5 Å². The average molecular weight is 425 g/mol. The first-order valence-corrected chi connectivity index (χ1v) is 9.84. The molecule has 8 heteroatoms. The Hall–Kier alpha value is -2.02. The fourth-order valence-corrected chi connectivity index (χ4v) is 4.35. The number of fused-ring (bicyclic) bond motifs is 1. The molecular formula is C19H18Cl2N2O3S. The number of benzene rings is 2. The van der Waals surface area contributed by atoms with Crippen LogP contribution in [0.5, 0.6) is 11.5 Å². The number of carbonyl (C=O) groups excluding carboxylic acids is 1. The number of thiazole rings is 1. The Morgan fingerprint density at radius 1 is 1.22 bits per heavy atom. The number of amides is 1. The highest BCUT2D eigenvalue weighted by atomic mass is 35.5. The summed E-state index contributed by atoms with van der Waals surface area (Å²) < 4.78 is 14.0. The summed E-state index contributed by atoms with van der Waals surface area (Å²) in [5, 5.41) is 0.850. The standard InChI is InChI=1S/C19H18Cl2N2O3S/c1-4-23-17-15(25-3)7-5-11(2)18(17)27-19(23)22-16(24)10-26-14-8-6-12(20)9-13(14)21/h5-9H,4,10H2,1-3H3. The van der Waals surface area contributed by atoms with Gasteiger partial charge >= 0.3 is 0 Å². The van der Waals surface area contributed by atoms with Gasteiger partial charge in [-0.05, 0) is 43.7 Å². The van der Waals surface area contributed by atoms with Crippen molar-refractivity contribution in [3.63, 3.8) is 0 Å². The van der Waals surface area contributed by atoms with Crippen molar-refractivity contribution in [1.29, 1.82) is 0 Å².